The summed E-state index contributed by atoms with van der Waals surface area (Å²) in [5, 5.41) is 15.3. The summed E-state index contributed by atoms with van der Waals surface area (Å²) in [6.45, 7) is 7.56. The van der Waals surface area contributed by atoms with Crippen molar-refractivity contribution < 1.29 is 19.3 Å². The van der Waals surface area contributed by atoms with Crippen molar-refractivity contribution in [2.45, 2.75) is 20.4 Å². The highest BCUT2D eigenvalue weighted by Gasteiger charge is 2.06. The van der Waals surface area contributed by atoms with Crippen LogP contribution in [-0.2, 0) is 11.3 Å². The summed E-state index contributed by atoms with van der Waals surface area (Å²) in [6.07, 6.45) is 0. The normalized spacial score (nSPS) is 10.8. The summed E-state index contributed by atoms with van der Waals surface area (Å²) < 4.78 is 16.1. The Balaban J connectivity index is 0.00000576. The van der Waals surface area contributed by atoms with Crippen LogP contribution in [0.4, 0.5) is 0 Å². The second-order valence-electron chi connectivity index (χ2n) is 4.88. The lowest BCUT2D eigenvalue weighted by Crippen LogP contribution is -2.39. The molecule has 144 valence electrons. The Hall–Kier alpha value is -1.26. The fourth-order valence-electron chi connectivity index (χ4n) is 1.98. The van der Waals surface area contributed by atoms with Gasteiger partial charge in [-0.1, -0.05) is 6.07 Å². The fourth-order valence-corrected chi connectivity index (χ4v) is 1.98. The molecule has 0 bridgehead atoms. The van der Waals surface area contributed by atoms with Gasteiger partial charge in [0, 0.05) is 19.7 Å². The van der Waals surface area contributed by atoms with Crippen molar-refractivity contribution >= 4 is 29.9 Å². The summed E-state index contributed by atoms with van der Waals surface area (Å²) in [4.78, 5) is 4.55. The van der Waals surface area contributed by atoms with Crippen LogP contribution in [0.1, 0.15) is 19.4 Å². The number of benzene rings is 1. The van der Waals surface area contributed by atoms with Gasteiger partial charge in [-0.15, -0.1) is 24.0 Å². The Labute approximate surface area is 167 Å². The van der Waals surface area contributed by atoms with Gasteiger partial charge in [0.1, 0.15) is 6.61 Å². The molecular formula is C17H30IN3O4. The molecule has 0 saturated carbocycles. The van der Waals surface area contributed by atoms with Crippen molar-refractivity contribution in [3.63, 3.8) is 0 Å². The first-order valence-electron chi connectivity index (χ1n) is 8.25. The third-order valence-electron chi connectivity index (χ3n) is 3.08. The topological polar surface area (TPSA) is 84.3 Å². The van der Waals surface area contributed by atoms with E-state index in [1.165, 1.54) is 0 Å². The van der Waals surface area contributed by atoms with E-state index in [1.54, 1.807) is 7.11 Å². The Morgan fingerprint density at radius 1 is 1.16 bits per heavy atom. The molecule has 0 heterocycles. The van der Waals surface area contributed by atoms with Crippen molar-refractivity contribution in [1.82, 2.24) is 10.6 Å². The van der Waals surface area contributed by atoms with Gasteiger partial charge in [0.15, 0.2) is 17.5 Å². The van der Waals surface area contributed by atoms with Gasteiger partial charge in [-0.05, 0) is 31.5 Å². The molecule has 0 atom stereocenters. The van der Waals surface area contributed by atoms with Crippen LogP contribution in [-0.4, -0.2) is 57.7 Å². The lowest BCUT2D eigenvalue weighted by Gasteiger charge is -2.12. The molecule has 0 aliphatic rings. The molecule has 0 aromatic heterocycles. The molecule has 0 aliphatic heterocycles. The van der Waals surface area contributed by atoms with Crippen LogP contribution in [0.5, 0.6) is 11.5 Å². The monoisotopic (exact) mass is 467 g/mol. The molecule has 3 N–H and O–H groups in total. The van der Waals surface area contributed by atoms with E-state index < -0.39 is 0 Å². The van der Waals surface area contributed by atoms with Crippen LogP contribution in [0.15, 0.2) is 23.2 Å². The van der Waals surface area contributed by atoms with Crippen molar-refractivity contribution in [3.8, 4) is 11.5 Å². The maximum atomic E-state index is 8.84. The number of methoxy groups -OCH3 is 1. The molecule has 0 spiro atoms. The number of halogens is 1. The summed E-state index contributed by atoms with van der Waals surface area (Å²) in [5.41, 5.74) is 1.00. The molecule has 0 aliphatic carbocycles. The molecule has 0 radical (unpaired) electrons. The average molecular weight is 467 g/mol. The molecule has 0 amide bonds. The molecule has 0 unspecified atom stereocenters. The fraction of sp³-hybridized carbons (Fsp3) is 0.588. The summed E-state index contributed by atoms with van der Waals surface area (Å²) in [6, 6.07) is 5.65. The standard InChI is InChI=1S/C17H29N3O4.HI/c1-4-18-17(19-8-10-23-5-2)20-13-14-6-7-15(24-11-9-21)16(12-14)22-3;/h6-7,12,21H,4-5,8-11,13H2,1-3H3,(H2,18,19,20);1H. The van der Waals surface area contributed by atoms with Crippen molar-refractivity contribution in [2.24, 2.45) is 4.99 Å². The Morgan fingerprint density at radius 2 is 1.96 bits per heavy atom. The average Bonchev–Trinajstić information content (AvgIpc) is 2.61. The van der Waals surface area contributed by atoms with Gasteiger partial charge >= 0.3 is 0 Å². The minimum Gasteiger partial charge on any atom is -0.493 e. The maximum Gasteiger partial charge on any atom is 0.191 e. The first-order valence-corrected chi connectivity index (χ1v) is 8.25. The molecule has 25 heavy (non-hydrogen) atoms. The quantitative estimate of drug-likeness (QED) is 0.199. The van der Waals surface area contributed by atoms with E-state index in [9.17, 15) is 0 Å². The number of nitrogens with one attached hydrogen (secondary N) is 2. The van der Waals surface area contributed by atoms with Crippen molar-refractivity contribution in [2.75, 3.05) is 46.6 Å². The Morgan fingerprint density at radius 3 is 2.60 bits per heavy atom. The van der Waals surface area contributed by atoms with Gasteiger partial charge in [-0.25, -0.2) is 4.99 Å². The molecule has 8 heteroatoms. The molecule has 7 nitrogen and oxygen atoms in total. The number of aliphatic hydroxyl groups excluding tert-OH is 1. The van der Waals surface area contributed by atoms with Crippen LogP contribution < -0.4 is 20.1 Å². The lowest BCUT2D eigenvalue weighted by molar-refractivity contribution is 0.152. The third-order valence-corrected chi connectivity index (χ3v) is 3.08. The highest BCUT2D eigenvalue weighted by Crippen LogP contribution is 2.28. The van der Waals surface area contributed by atoms with E-state index >= 15 is 0 Å². The van der Waals surface area contributed by atoms with Gasteiger partial charge in [0.25, 0.3) is 0 Å². The van der Waals surface area contributed by atoms with E-state index in [4.69, 9.17) is 19.3 Å². The Bertz CT molecular complexity index is 501. The van der Waals surface area contributed by atoms with Crippen LogP contribution >= 0.6 is 24.0 Å². The molecule has 1 aromatic rings. The zero-order chi connectivity index (χ0) is 17.6. The van der Waals surface area contributed by atoms with Crippen LogP contribution in [0.3, 0.4) is 0 Å². The lowest BCUT2D eigenvalue weighted by atomic mass is 10.2. The van der Waals surface area contributed by atoms with E-state index in [0.29, 0.717) is 37.8 Å². The van der Waals surface area contributed by atoms with Gasteiger partial charge < -0.3 is 30.0 Å². The number of aliphatic imine (C=N–C) groups is 1. The zero-order valence-electron chi connectivity index (χ0n) is 15.2. The number of hydrogen-bond acceptors (Lipinski definition) is 5. The number of ether oxygens (including phenoxy) is 3. The van der Waals surface area contributed by atoms with E-state index in [1.807, 2.05) is 32.0 Å². The second-order valence-corrected chi connectivity index (χ2v) is 4.88. The summed E-state index contributed by atoms with van der Waals surface area (Å²) >= 11 is 0. The third kappa shape index (κ3) is 9.71. The highest BCUT2D eigenvalue weighted by molar-refractivity contribution is 14.0. The first-order chi connectivity index (χ1) is 11.7. The minimum absolute atomic E-state index is 0. The largest absolute Gasteiger partial charge is 0.493 e. The SMILES string of the molecule is CCNC(=NCc1ccc(OCCO)c(OC)c1)NCCOCC.I. The predicted octanol–water partition coefficient (Wildman–Crippen LogP) is 1.78. The van der Waals surface area contributed by atoms with Crippen LogP contribution in [0.2, 0.25) is 0 Å². The molecular weight excluding hydrogens is 437 g/mol. The molecule has 1 aromatic carbocycles. The number of rotatable bonds is 11. The van der Waals surface area contributed by atoms with Crippen LogP contribution in [0, 0.1) is 0 Å². The number of nitrogens with zero attached hydrogens (tertiary/aromatic N) is 1. The van der Waals surface area contributed by atoms with Crippen molar-refractivity contribution in [1.29, 1.82) is 0 Å². The first kappa shape index (κ1) is 23.7. The number of hydrogen-bond donors (Lipinski definition) is 3. The highest BCUT2D eigenvalue weighted by atomic mass is 127. The number of aliphatic hydroxyl groups is 1. The number of guanidine groups is 1. The summed E-state index contributed by atoms with van der Waals surface area (Å²) in [5.74, 6) is 1.99. The van der Waals surface area contributed by atoms with E-state index in [0.717, 1.165) is 18.1 Å². The van der Waals surface area contributed by atoms with Gasteiger partial charge in [-0.3, -0.25) is 0 Å². The molecule has 0 saturated heterocycles. The molecule has 0 fully saturated rings. The van der Waals surface area contributed by atoms with Crippen LogP contribution in [0.25, 0.3) is 0 Å². The zero-order valence-corrected chi connectivity index (χ0v) is 17.5. The maximum absolute atomic E-state index is 8.84. The van der Waals surface area contributed by atoms with Crippen molar-refractivity contribution in [3.05, 3.63) is 23.8 Å². The smallest absolute Gasteiger partial charge is 0.191 e. The predicted molar refractivity (Wildman–Crippen MR) is 110 cm³/mol. The van der Waals surface area contributed by atoms with E-state index in [2.05, 4.69) is 15.6 Å². The van der Waals surface area contributed by atoms with E-state index in [-0.39, 0.29) is 37.2 Å². The summed E-state index contributed by atoms with van der Waals surface area (Å²) in [7, 11) is 1.59. The minimum atomic E-state index is -0.0331. The Kier molecular flexibility index (Phi) is 14.3. The second kappa shape index (κ2) is 15.0. The van der Waals surface area contributed by atoms with Gasteiger partial charge in [-0.2, -0.15) is 0 Å². The van der Waals surface area contributed by atoms with Gasteiger partial charge in [0.05, 0.1) is 26.9 Å². The van der Waals surface area contributed by atoms with Gasteiger partial charge in [0.2, 0.25) is 0 Å². The molecule has 1 rings (SSSR count).